The van der Waals surface area contributed by atoms with Crippen molar-refractivity contribution in [3.63, 3.8) is 0 Å². The standard InChI is InChI=1S/C9H16N4O2S2/c1-6(4-8(10)16)13(3)17(14,15)9-5-11-7(2)12-9/h5-6H,4H2,1-3H3,(H2,10,16)(H,11,12). The second-order valence-corrected chi connectivity index (χ2v) is 6.36. The van der Waals surface area contributed by atoms with Crippen molar-refractivity contribution >= 4 is 27.2 Å². The van der Waals surface area contributed by atoms with Crippen LogP contribution in [-0.4, -0.2) is 40.8 Å². The Morgan fingerprint density at radius 3 is 2.71 bits per heavy atom. The van der Waals surface area contributed by atoms with Crippen LogP contribution in [0.5, 0.6) is 0 Å². The van der Waals surface area contributed by atoms with Gasteiger partial charge in [-0.25, -0.2) is 13.4 Å². The van der Waals surface area contributed by atoms with Crippen LogP contribution >= 0.6 is 12.2 Å². The van der Waals surface area contributed by atoms with E-state index in [2.05, 4.69) is 9.97 Å². The Hall–Kier alpha value is -0.990. The zero-order valence-corrected chi connectivity index (χ0v) is 11.6. The number of aryl methyl sites for hydroxylation is 1. The minimum Gasteiger partial charge on any atom is -0.393 e. The summed E-state index contributed by atoms with van der Waals surface area (Å²) < 4.78 is 25.5. The van der Waals surface area contributed by atoms with Crippen LogP contribution in [0.2, 0.25) is 0 Å². The van der Waals surface area contributed by atoms with Crippen molar-refractivity contribution in [2.45, 2.75) is 31.3 Å². The molecule has 1 unspecified atom stereocenters. The van der Waals surface area contributed by atoms with E-state index in [4.69, 9.17) is 18.0 Å². The molecule has 0 fully saturated rings. The van der Waals surface area contributed by atoms with Crippen LogP contribution in [0, 0.1) is 6.92 Å². The van der Waals surface area contributed by atoms with Gasteiger partial charge in [0.25, 0.3) is 10.0 Å². The van der Waals surface area contributed by atoms with Crippen LogP contribution in [0.25, 0.3) is 0 Å². The summed E-state index contributed by atoms with van der Waals surface area (Å²) in [5.41, 5.74) is 5.41. The highest BCUT2D eigenvalue weighted by Gasteiger charge is 2.27. The molecule has 1 atom stereocenters. The van der Waals surface area contributed by atoms with Crippen LogP contribution in [-0.2, 0) is 10.0 Å². The molecule has 0 bridgehead atoms. The highest BCUT2D eigenvalue weighted by atomic mass is 32.2. The van der Waals surface area contributed by atoms with Gasteiger partial charge in [0.1, 0.15) is 5.82 Å². The zero-order valence-electron chi connectivity index (χ0n) is 9.97. The number of hydrogen-bond donors (Lipinski definition) is 2. The molecule has 0 saturated heterocycles. The lowest BCUT2D eigenvalue weighted by molar-refractivity contribution is 0.395. The molecule has 6 nitrogen and oxygen atoms in total. The molecule has 96 valence electrons. The van der Waals surface area contributed by atoms with Crippen molar-refractivity contribution in [1.29, 1.82) is 0 Å². The van der Waals surface area contributed by atoms with E-state index in [0.29, 0.717) is 17.2 Å². The third kappa shape index (κ3) is 3.24. The number of thiocarbonyl (C=S) groups is 1. The predicted molar refractivity (Wildman–Crippen MR) is 69.1 cm³/mol. The molecule has 1 heterocycles. The molecule has 0 aliphatic rings. The normalized spacial score (nSPS) is 13.9. The summed E-state index contributed by atoms with van der Waals surface area (Å²) in [6.07, 6.45) is 1.65. The van der Waals surface area contributed by atoms with Gasteiger partial charge in [0.15, 0.2) is 5.03 Å². The van der Waals surface area contributed by atoms with Crippen LogP contribution in [0.15, 0.2) is 11.2 Å². The molecule has 0 aliphatic heterocycles. The lowest BCUT2D eigenvalue weighted by Gasteiger charge is -2.22. The van der Waals surface area contributed by atoms with Gasteiger partial charge in [-0.3, -0.25) is 0 Å². The first-order valence-corrected chi connectivity index (χ1v) is 6.88. The number of aromatic amines is 1. The monoisotopic (exact) mass is 276 g/mol. The topological polar surface area (TPSA) is 92.1 Å². The van der Waals surface area contributed by atoms with Gasteiger partial charge in [-0.2, -0.15) is 4.31 Å². The van der Waals surface area contributed by atoms with E-state index in [1.807, 2.05) is 0 Å². The molecule has 0 spiro atoms. The first-order valence-electron chi connectivity index (χ1n) is 5.03. The maximum absolute atomic E-state index is 12.1. The Bertz CT molecular complexity index is 509. The fourth-order valence-corrected chi connectivity index (χ4v) is 2.90. The molecule has 17 heavy (non-hydrogen) atoms. The molecule has 0 amide bonds. The molecular weight excluding hydrogens is 260 g/mol. The Morgan fingerprint density at radius 1 is 1.71 bits per heavy atom. The van der Waals surface area contributed by atoms with Gasteiger partial charge in [0.2, 0.25) is 0 Å². The van der Waals surface area contributed by atoms with E-state index in [1.54, 1.807) is 13.8 Å². The molecule has 1 rings (SSSR count). The first kappa shape index (κ1) is 14.1. The SMILES string of the molecule is Cc1ncc(S(=O)(=O)N(C)C(C)CC(N)=S)[nH]1. The largest absolute Gasteiger partial charge is 0.393 e. The van der Waals surface area contributed by atoms with Crippen molar-refractivity contribution in [2.75, 3.05) is 7.05 Å². The van der Waals surface area contributed by atoms with Crippen molar-refractivity contribution in [1.82, 2.24) is 14.3 Å². The number of nitrogens with one attached hydrogen (secondary N) is 1. The van der Waals surface area contributed by atoms with Crippen LogP contribution in [0.3, 0.4) is 0 Å². The minimum atomic E-state index is -3.56. The van der Waals surface area contributed by atoms with Gasteiger partial charge >= 0.3 is 0 Å². The van der Waals surface area contributed by atoms with Gasteiger partial charge in [-0.05, 0) is 13.8 Å². The number of rotatable bonds is 5. The Morgan fingerprint density at radius 2 is 2.29 bits per heavy atom. The van der Waals surface area contributed by atoms with Gasteiger partial charge in [0.05, 0.1) is 11.2 Å². The van der Waals surface area contributed by atoms with Crippen LogP contribution < -0.4 is 5.73 Å². The van der Waals surface area contributed by atoms with Crippen molar-refractivity contribution in [3.05, 3.63) is 12.0 Å². The fourth-order valence-electron chi connectivity index (χ4n) is 1.34. The molecule has 0 aromatic carbocycles. The van der Waals surface area contributed by atoms with Crippen LogP contribution in [0.4, 0.5) is 0 Å². The molecule has 0 saturated carbocycles. The van der Waals surface area contributed by atoms with Gasteiger partial charge in [-0.1, -0.05) is 12.2 Å². The van der Waals surface area contributed by atoms with Crippen molar-refractivity contribution in [2.24, 2.45) is 5.73 Å². The summed E-state index contributed by atoms with van der Waals surface area (Å²) >= 11 is 4.77. The van der Waals surface area contributed by atoms with Gasteiger partial charge in [0, 0.05) is 19.5 Å². The van der Waals surface area contributed by atoms with E-state index >= 15 is 0 Å². The summed E-state index contributed by atoms with van der Waals surface area (Å²) in [6, 6.07) is -0.291. The van der Waals surface area contributed by atoms with Gasteiger partial charge in [-0.15, -0.1) is 0 Å². The van der Waals surface area contributed by atoms with E-state index in [1.165, 1.54) is 17.5 Å². The quantitative estimate of drug-likeness (QED) is 0.760. The summed E-state index contributed by atoms with van der Waals surface area (Å²) in [6.45, 7) is 3.44. The zero-order chi connectivity index (χ0) is 13.2. The van der Waals surface area contributed by atoms with Gasteiger partial charge < -0.3 is 10.7 Å². The Balaban J connectivity index is 2.94. The predicted octanol–water partition coefficient (Wildman–Crippen LogP) is 0.403. The maximum Gasteiger partial charge on any atom is 0.260 e. The van der Waals surface area contributed by atoms with E-state index in [-0.39, 0.29) is 11.1 Å². The lowest BCUT2D eigenvalue weighted by atomic mass is 10.2. The molecule has 1 aromatic heterocycles. The molecule has 0 radical (unpaired) electrons. The second-order valence-electron chi connectivity index (χ2n) is 3.87. The lowest BCUT2D eigenvalue weighted by Crippen LogP contribution is -2.37. The highest BCUT2D eigenvalue weighted by Crippen LogP contribution is 2.15. The maximum atomic E-state index is 12.1. The van der Waals surface area contributed by atoms with Crippen LogP contribution in [0.1, 0.15) is 19.2 Å². The third-order valence-corrected chi connectivity index (χ3v) is 4.50. The van der Waals surface area contributed by atoms with E-state index in [9.17, 15) is 8.42 Å². The molecule has 8 heteroatoms. The number of aromatic nitrogens is 2. The second kappa shape index (κ2) is 5.11. The minimum absolute atomic E-state index is 0.0762. The number of nitrogens with zero attached hydrogens (tertiary/aromatic N) is 2. The summed E-state index contributed by atoms with van der Waals surface area (Å²) in [5.74, 6) is 0.555. The molecule has 0 aliphatic carbocycles. The average Bonchev–Trinajstić information content (AvgIpc) is 2.63. The third-order valence-electron chi connectivity index (χ3n) is 2.45. The smallest absolute Gasteiger partial charge is 0.260 e. The summed E-state index contributed by atoms with van der Waals surface area (Å²) in [7, 11) is -2.07. The van der Waals surface area contributed by atoms with Crippen molar-refractivity contribution in [3.8, 4) is 0 Å². The highest BCUT2D eigenvalue weighted by molar-refractivity contribution is 7.89. The number of imidazole rings is 1. The number of nitrogens with two attached hydrogens (primary N) is 1. The summed E-state index contributed by atoms with van der Waals surface area (Å²) in [5, 5.41) is 0.0762. The molecule has 3 N–H and O–H groups in total. The number of sulfonamides is 1. The van der Waals surface area contributed by atoms with E-state index in [0.717, 1.165) is 0 Å². The number of H-pyrrole nitrogens is 1. The molecular formula is C9H16N4O2S2. The van der Waals surface area contributed by atoms with E-state index < -0.39 is 10.0 Å². The average molecular weight is 276 g/mol. The number of hydrogen-bond acceptors (Lipinski definition) is 4. The first-order chi connectivity index (χ1) is 7.75. The van der Waals surface area contributed by atoms with Crippen molar-refractivity contribution < 1.29 is 8.42 Å². The fraction of sp³-hybridized carbons (Fsp3) is 0.556. The Labute approximate surface area is 106 Å². The summed E-state index contributed by atoms with van der Waals surface area (Å²) in [4.78, 5) is 6.87. The Kier molecular flexibility index (Phi) is 4.23. The molecule has 1 aromatic rings.